The molecule has 21 heavy (non-hydrogen) atoms. The summed E-state index contributed by atoms with van der Waals surface area (Å²) in [6, 6.07) is 0.838. The summed E-state index contributed by atoms with van der Waals surface area (Å²) in [6.07, 6.45) is -0.439. The maximum absolute atomic E-state index is 12.5. The zero-order chi connectivity index (χ0) is 15.8. The molecule has 2 heterocycles. The molecule has 2 rings (SSSR count). The molecule has 0 unspecified atom stereocenters. The second kappa shape index (κ2) is 5.22. The molecule has 0 saturated carbocycles. The van der Waals surface area contributed by atoms with Gasteiger partial charge in [0.1, 0.15) is 5.82 Å². The van der Waals surface area contributed by atoms with Crippen LogP contribution in [0.25, 0.3) is 0 Å². The van der Waals surface area contributed by atoms with E-state index in [9.17, 15) is 13.2 Å². The zero-order valence-corrected chi connectivity index (χ0v) is 12.4. The normalized spacial score (nSPS) is 12.5. The van der Waals surface area contributed by atoms with Gasteiger partial charge in [0, 0.05) is 12.4 Å². The number of hydrogen-bond acceptors (Lipinski definition) is 3. The van der Waals surface area contributed by atoms with E-state index < -0.39 is 11.7 Å². The van der Waals surface area contributed by atoms with Gasteiger partial charge >= 0.3 is 6.18 Å². The first-order chi connectivity index (χ1) is 9.57. The van der Waals surface area contributed by atoms with E-state index in [4.69, 9.17) is 11.6 Å². The molecule has 0 fully saturated rings. The van der Waals surface area contributed by atoms with Gasteiger partial charge in [-0.25, -0.2) is 4.98 Å². The highest BCUT2D eigenvalue weighted by atomic mass is 35.5. The van der Waals surface area contributed by atoms with Crippen LogP contribution in [0.5, 0.6) is 0 Å². The molecule has 0 atom stereocenters. The molecule has 4 nitrogen and oxygen atoms in total. The average molecular weight is 319 g/mol. The molecule has 0 bridgehead atoms. The fourth-order valence-corrected chi connectivity index (χ4v) is 1.79. The third kappa shape index (κ3) is 3.66. The molecule has 0 aliphatic carbocycles. The molecule has 2 aromatic rings. The van der Waals surface area contributed by atoms with Crippen LogP contribution in [0.4, 0.5) is 24.7 Å². The lowest BCUT2D eigenvalue weighted by atomic mass is 10.1. The summed E-state index contributed by atoms with van der Waals surface area (Å²) in [7, 11) is 0. The van der Waals surface area contributed by atoms with Gasteiger partial charge in [0.2, 0.25) is 0 Å². The number of nitrogens with zero attached hydrogens (tertiary/aromatic N) is 3. The lowest BCUT2D eigenvalue weighted by molar-refractivity contribution is -0.137. The first-order valence-corrected chi connectivity index (χ1v) is 6.50. The molecule has 0 amide bonds. The topological polar surface area (TPSA) is 42.7 Å². The van der Waals surface area contributed by atoms with Crippen LogP contribution in [-0.4, -0.2) is 14.8 Å². The van der Waals surface area contributed by atoms with Crippen molar-refractivity contribution in [3.05, 3.63) is 35.2 Å². The van der Waals surface area contributed by atoms with Crippen molar-refractivity contribution in [2.75, 3.05) is 5.32 Å². The van der Waals surface area contributed by atoms with Crippen molar-refractivity contribution in [3.63, 3.8) is 0 Å². The maximum Gasteiger partial charge on any atom is 0.417 e. The van der Waals surface area contributed by atoms with Crippen molar-refractivity contribution >= 4 is 23.1 Å². The minimum Gasteiger partial charge on any atom is -0.336 e. The summed E-state index contributed by atoms with van der Waals surface area (Å²) in [5, 5.41) is 6.92. The molecule has 0 aromatic carbocycles. The maximum atomic E-state index is 12.5. The van der Waals surface area contributed by atoms with Gasteiger partial charge in [0.05, 0.1) is 28.0 Å². The average Bonchev–Trinajstić information content (AvgIpc) is 2.78. The van der Waals surface area contributed by atoms with Crippen molar-refractivity contribution in [1.82, 2.24) is 14.8 Å². The summed E-state index contributed by atoms with van der Waals surface area (Å²) in [6.45, 7) is 5.94. The molecule has 1 N–H and O–H groups in total. The van der Waals surface area contributed by atoms with E-state index in [-0.39, 0.29) is 16.4 Å². The minimum absolute atomic E-state index is 0.103. The Morgan fingerprint density at radius 2 is 1.86 bits per heavy atom. The van der Waals surface area contributed by atoms with Gasteiger partial charge in [-0.2, -0.15) is 18.3 Å². The fraction of sp³-hybridized carbons (Fsp3) is 0.385. The quantitative estimate of drug-likeness (QED) is 0.889. The number of alkyl halides is 3. The Balaban J connectivity index is 2.23. The molecule has 0 saturated heterocycles. The first kappa shape index (κ1) is 15.6. The number of hydrogen-bond donors (Lipinski definition) is 1. The largest absolute Gasteiger partial charge is 0.417 e. The number of anilines is 2. The van der Waals surface area contributed by atoms with Gasteiger partial charge in [-0.15, -0.1) is 0 Å². The monoisotopic (exact) mass is 318 g/mol. The van der Waals surface area contributed by atoms with Gasteiger partial charge in [0.15, 0.2) is 0 Å². The van der Waals surface area contributed by atoms with Gasteiger partial charge in [-0.3, -0.25) is 4.68 Å². The van der Waals surface area contributed by atoms with Crippen molar-refractivity contribution in [2.24, 2.45) is 0 Å². The lowest BCUT2D eigenvalue weighted by Gasteiger charge is -2.18. The highest BCUT2D eigenvalue weighted by molar-refractivity contribution is 6.33. The summed E-state index contributed by atoms with van der Waals surface area (Å²) in [5.41, 5.74) is -0.486. The van der Waals surface area contributed by atoms with Crippen LogP contribution in [0.15, 0.2) is 24.7 Å². The molecule has 0 spiro atoms. The number of nitrogens with one attached hydrogen (secondary N) is 1. The Morgan fingerprint density at radius 3 is 2.33 bits per heavy atom. The van der Waals surface area contributed by atoms with Gasteiger partial charge in [0.25, 0.3) is 0 Å². The Hall–Kier alpha value is -1.76. The van der Waals surface area contributed by atoms with Crippen molar-refractivity contribution < 1.29 is 13.2 Å². The van der Waals surface area contributed by atoms with Crippen molar-refractivity contribution in [2.45, 2.75) is 32.5 Å². The Labute approximate surface area is 124 Å². The van der Waals surface area contributed by atoms with E-state index in [0.717, 1.165) is 12.3 Å². The molecule has 0 aliphatic rings. The Morgan fingerprint density at radius 1 is 1.19 bits per heavy atom. The van der Waals surface area contributed by atoms with E-state index in [1.54, 1.807) is 17.1 Å². The summed E-state index contributed by atoms with van der Waals surface area (Å²) >= 11 is 5.83. The summed E-state index contributed by atoms with van der Waals surface area (Å²) in [5.74, 6) is 0.151. The van der Waals surface area contributed by atoms with Crippen molar-refractivity contribution in [3.8, 4) is 0 Å². The zero-order valence-electron chi connectivity index (χ0n) is 11.7. The van der Waals surface area contributed by atoms with Crippen LogP contribution in [0.3, 0.4) is 0 Å². The molecule has 0 aliphatic heterocycles. The van der Waals surface area contributed by atoms with Crippen LogP contribution in [0.1, 0.15) is 26.3 Å². The van der Waals surface area contributed by atoms with Crippen LogP contribution in [-0.2, 0) is 11.7 Å². The molecular weight excluding hydrogens is 305 g/mol. The number of aromatic nitrogens is 3. The third-order valence-electron chi connectivity index (χ3n) is 2.70. The predicted octanol–water partition coefficient (Wildman–Crippen LogP) is 4.45. The van der Waals surface area contributed by atoms with E-state index in [1.165, 1.54) is 0 Å². The predicted molar refractivity (Wildman–Crippen MR) is 74.8 cm³/mol. The van der Waals surface area contributed by atoms with E-state index in [0.29, 0.717) is 5.69 Å². The first-order valence-electron chi connectivity index (χ1n) is 6.12. The summed E-state index contributed by atoms with van der Waals surface area (Å²) in [4.78, 5) is 3.71. The molecule has 0 radical (unpaired) electrons. The smallest absolute Gasteiger partial charge is 0.336 e. The van der Waals surface area contributed by atoms with E-state index >= 15 is 0 Å². The molecular formula is C13H14ClF3N4. The highest BCUT2D eigenvalue weighted by Crippen LogP contribution is 2.33. The van der Waals surface area contributed by atoms with Gasteiger partial charge in [-0.1, -0.05) is 11.6 Å². The Kier molecular flexibility index (Phi) is 3.88. The van der Waals surface area contributed by atoms with Gasteiger partial charge in [-0.05, 0) is 26.8 Å². The fourth-order valence-electron chi connectivity index (χ4n) is 1.58. The van der Waals surface area contributed by atoms with Gasteiger partial charge < -0.3 is 5.32 Å². The Bertz CT molecular complexity index is 644. The molecule has 2 aromatic heterocycles. The van der Waals surface area contributed by atoms with Crippen LogP contribution in [0.2, 0.25) is 5.02 Å². The van der Waals surface area contributed by atoms with Crippen LogP contribution < -0.4 is 5.32 Å². The molecule has 8 heteroatoms. The standard InChI is InChI=1S/C13H14ClF3N4/c1-12(2,3)21-7-9(6-19-21)20-11-10(14)4-8(5-18-11)13(15,16)17/h4-7H,1-3H3,(H,18,20). The second-order valence-electron chi connectivity index (χ2n) is 5.52. The lowest BCUT2D eigenvalue weighted by Crippen LogP contribution is -2.21. The SMILES string of the molecule is CC(C)(C)n1cc(Nc2ncc(C(F)(F)F)cc2Cl)cn1. The van der Waals surface area contributed by atoms with Crippen LogP contribution in [0, 0.1) is 0 Å². The van der Waals surface area contributed by atoms with Crippen molar-refractivity contribution in [1.29, 1.82) is 0 Å². The summed E-state index contributed by atoms with van der Waals surface area (Å²) < 4.78 is 39.3. The minimum atomic E-state index is -4.47. The molecule has 114 valence electrons. The third-order valence-corrected chi connectivity index (χ3v) is 2.99. The number of pyridine rings is 1. The number of rotatable bonds is 2. The second-order valence-corrected chi connectivity index (χ2v) is 5.93. The number of halogens is 4. The van der Waals surface area contributed by atoms with Crippen LogP contribution >= 0.6 is 11.6 Å². The highest BCUT2D eigenvalue weighted by Gasteiger charge is 2.31. The van der Waals surface area contributed by atoms with E-state index in [2.05, 4.69) is 15.4 Å². The van der Waals surface area contributed by atoms with E-state index in [1.807, 2.05) is 20.8 Å².